The van der Waals surface area contributed by atoms with Gasteiger partial charge in [0.2, 0.25) is 0 Å². The van der Waals surface area contributed by atoms with Crippen molar-refractivity contribution in [1.82, 2.24) is 0 Å². The first-order valence-electron chi connectivity index (χ1n) is 5.63. The number of benzene rings is 1. The first kappa shape index (κ1) is 12.6. The van der Waals surface area contributed by atoms with E-state index in [9.17, 15) is 4.79 Å². The molecule has 0 saturated carbocycles. The minimum Gasteiger partial charge on any atom is -0.497 e. The highest BCUT2D eigenvalue weighted by Gasteiger charge is 2.32. The summed E-state index contributed by atoms with van der Waals surface area (Å²) in [7, 11) is 1.61. The van der Waals surface area contributed by atoms with Crippen molar-refractivity contribution in [3.05, 3.63) is 28.2 Å². The van der Waals surface area contributed by atoms with Crippen molar-refractivity contribution >= 4 is 21.7 Å². The topological polar surface area (TPSA) is 35.5 Å². The van der Waals surface area contributed by atoms with Crippen molar-refractivity contribution in [1.29, 1.82) is 0 Å². The number of rotatable bonds is 3. The molecule has 0 aliphatic carbocycles. The number of carbonyl (C=O) groups is 1. The molecule has 0 amide bonds. The first-order chi connectivity index (χ1) is 8.13. The lowest BCUT2D eigenvalue weighted by molar-refractivity contribution is 0.0763. The average Bonchev–Trinajstić information content (AvgIpc) is 2.74. The molecule has 1 aliphatic rings. The van der Waals surface area contributed by atoms with Gasteiger partial charge in [0.1, 0.15) is 5.75 Å². The van der Waals surface area contributed by atoms with Gasteiger partial charge in [-0.25, -0.2) is 0 Å². The Morgan fingerprint density at radius 2 is 2.29 bits per heavy atom. The molecule has 2 rings (SSSR count). The van der Waals surface area contributed by atoms with E-state index >= 15 is 0 Å². The Kier molecular flexibility index (Phi) is 3.84. The third-order valence-corrected chi connectivity index (χ3v) is 3.81. The number of carbonyl (C=O) groups excluding carboxylic acids is 1. The second kappa shape index (κ2) is 5.19. The lowest BCUT2D eigenvalue weighted by Gasteiger charge is -2.14. The van der Waals surface area contributed by atoms with Crippen LogP contribution in [0.2, 0.25) is 0 Å². The van der Waals surface area contributed by atoms with E-state index in [1.807, 2.05) is 13.0 Å². The summed E-state index contributed by atoms with van der Waals surface area (Å²) < 4.78 is 11.3. The van der Waals surface area contributed by atoms with Crippen LogP contribution in [-0.4, -0.2) is 25.6 Å². The number of hydrogen-bond donors (Lipinski definition) is 0. The van der Waals surface area contributed by atoms with Gasteiger partial charge >= 0.3 is 0 Å². The van der Waals surface area contributed by atoms with Crippen LogP contribution in [0.15, 0.2) is 22.7 Å². The van der Waals surface area contributed by atoms with Crippen molar-refractivity contribution in [2.45, 2.75) is 19.4 Å². The monoisotopic (exact) mass is 298 g/mol. The minimum absolute atomic E-state index is 0.0106. The Morgan fingerprint density at radius 1 is 1.53 bits per heavy atom. The van der Waals surface area contributed by atoms with Crippen LogP contribution in [0.5, 0.6) is 5.75 Å². The molecule has 1 aromatic carbocycles. The van der Waals surface area contributed by atoms with E-state index in [-0.39, 0.29) is 17.8 Å². The van der Waals surface area contributed by atoms with Crippen molar-refractivity contribution in [3.8, 4) is 5.75 Å². The van der Waals surface area contributed by atoms with Crippen LogP contribution in [0.3, 0.4) is 0 Å². The van der Waals surface area contributed by atoms with E-state index in [0.29, 0.717) is 12.2 Å². The summed E-state index contributed by atoms with van der Waals surface area (Å²) in [4.78, 5) is 12.3. The molecule has 0 bridgehead atoms. The quantitative estimate of drug-likeness (QED) is 0.805. The summed E-state index contributed by atoms with van der Waals surface area (Å²) in [6, 6.07) is 5.42. The van der Waals surface area contributed by atoms with Gasteiger partial charge in [-0.05, 0) is 47.5 Å². The Balaban J connectivity index is 2.25. The predicted molar refractivity (Wildman–Crippen MR) is 68.5 cm³/mol. The van der Waals surface area contributed by atoms with Gasteiger partial charge < -0.3 is 9.47 Å². The zero-order valence-electron chi connectivity index (χ0n) is 9.90. The minimum atomic E-state index is -0.0281. The molecule has 1 saturated heterocycles. The lowest BCUT2D eigenvalue weighted by atomic mass is 9.92. The highest BCUT2D eigenvalue weighted by atomic mass is 79.9. The Hall–Kier alpha value is -0.870. The highest BCUT2D eigenvalue weighted by molar-refractivity contribution is 9.10. The van der Waals surface area contributed by atoms with Crippen LogP contribution in [0.4, 0.5) is 0 Å². The van der Waals surface area contributed by atoms with Crippen molar-refractivity contribution in [3.63, 3.8) is 0 Å². The van der Waals surface area contributed by atoms with E-state index in [0.717, 1.165) is 16.6 Å². The molecule has 92 valence electrons. The molecule has 0 N–H and O–H groups in total. The van der Waals surface area contributed by atoms with Gasteiger partial charge in [0.15, 0.2) is 5.78 Å². The molecular formula is C13H15BrO3. The summed E-state index contributed by atoms with van der Waals surface area (Å²) >= 11 is 3.41. The fourth-order valence-corrected chi connectivity index (χ4v) is 2.65. The lowest BCUT2D eigenvalue weighted by Crippen LogP contribution is -2.22. The van der Waals surface area contributed by atoms with Crippen LogP contribution >= 0.6 is 15.9 Å². The third-order valence-electron chi connectivity index (χ3n) is 3.15. The third kappa shape index (κ3) is 2.53. The predicted octanol–water partition coefficient (Wildman–Crippen LogP) is 3.07. The summed E-state index contributed by atoms with van der Waals surface area (Å²) in [5.74, 6) is 0.855. The average molecular weight is 299 g/mol. The molecule has 0 aromatic heterocycles. The summed E-state index contributed by atoms with van der Waals surface area (Å²) in [5, 5.41) is 0. The van der Waals surface area contributed by atoms with Crippen LogP contribution in [0.1, 0.15) is 23.7 Å². The molecule has 2 unspecified atom stereocenters. The van der Waals surface area contributed by atoms with E-state index in [4.69, 9.17) is 9.47 Å². The van der Waals surface area contributed by atoms with Crippen molar-refractivity contribution < 1.29 is 14.3 Å². The SMILES string of the molecule is COc1ccc(C(=O)C2CCOC2C)c(Br)c1. The molecule has 4 heteroatoms. The Bertz CT molecular complexity index is 431. The second-order valence-corrected chi connectivity index (χ2v) is 5.04. The summed E-state index contributed by atoms with van der Waals surface area (Å²) in [6.45, 7) is 2.62. The number of Topliss-reactive ketones (excluding diaryl/α,β-unsaturated/α-hetero) is 1. The number of methoxy groups -OCH3 is 1. The number of ether oxygens (including phenoxy) is 2. The van der Waals surface area contributed by atoms with E-state index in [1.54, 1.807) is 19.2 Å². The molecule has 0 radical (unpaired) electrons. The van der Waals surface area contributed by atoms with Gasteiger partial charge in [-0.1, -0.05) is 0 Å². The number of hydrogen-bond acceptors (Lipinski definition) is 3. The van der Waals surface area contributed by atoms with Gasteiger partial charge in [0.05, 0.1) is 19.1 Å². The molecular weight excluding hydrogens is 284 g/mol. The Labute approximate surface area is 109 Å². The standard InChI is InChI=1S/C13H15BrO3/c1-8-10(5-6-17-8)13(15)11-4-3-9(16-2)7-12(11)14/h3-4,7-8,10H,5-6H2,1-2H3. The maximum atomic E-state index is 12.3. The summed E-state index contributed by atoms with van der Waals surface area (Å²) in [6.07, 6.45) is 0.815. The second-order valence-electron chi connectivity index (χ2n) is 4.18. The number of halogens is 1. The fraction of sp³-hybridized carbons (Fsp3) is 0.462. The van der Waals surface area contributed by atoms with Gasteiger partial charge in [0, 0.05) is 16.6 Å². The largest absolute Gasteiger partial charge is 0.497 e. The van der Waals surface area contributed by atoms with Crippen LogP contribution in [-0.2, 0) is 4.74 Å². The molecule has 2 atom stereocenters. The molecule has 1 aromatic rings. The first-order valence-corrected chi connectivity index (χ1v) is 6.42. The highest BCUT2D eigenvalue weighted by Crippen LogP contribution is 2.30. The van der Waals surface area contributed by atoms with Crippen LogP contribution in [0, 0.1) is 5.92 Å². The molecule has 1 heterocycles. The molecule has 0 spiro atoms. The van der Waals surface area contributed by atoms with Gasteiger partial charge in [-0.2, -0.15) is 0 Å². The van der Waals surface area contributed by atoms with Gasteiger partial charge in [-0.15, -0.1) is 0 Å². The molecule has 1 aliphatic heterocycles. The van der Waals surface area contributed by atoms with E-state index in [1.165, 1.54) is 0 Å². The maximum absolute atomic E-state index is 12.3. The zero-order valence-corrected chi connectivity index (χ0v) is 11.5. The van der Waals surface area contributed by atoms with Gasteiger partial charge in [0.25, 0.3) is 0 Å². The Morgan fingerprint density at radius 3 is 2.82 bits per heavy atom. The summed E-state index contributed by atoms with van der Waals surface area (Å²) in [5.41, 5.74) is 0.702. The van der Waals surface area contributed by atoms with Crippen molar-refractivity contribution in [2.75, 3.05) is 13.7 Å². The van der Waals surface area contributed by atoms with Crippen LogP contribution < -0.4 is 4.74 Å². The normalized spacial score (nSPS) is 23.7. The smallest absolute Gasteiger partial charge is 0.169 e. The van der Waals surface area contributed by atoms with E-state index < -0.39 is 0 Å². The van der Waals surface area contributed by atoms with E-state index in [2.05, 4.69) is 15.9 Å². The zero-order chi connectivity index (χ0) is 12.4. The number of ketones is 1. The molecule has 3 nitrogen and oxygen atoms in total. The molecule has 17 heavy (non-hydrogen) atoms. The maximum Gasteiger partial charge on any atom is 0.169 e. The van der Waals surface area contributed by atoms with Crippen LogP contribution in [0.25, 0.3) is 0 Å². The van der Waals surface area contributed by atoms with Crippen molar-refractivity contribution in [2.24, 2.45) is 5.92 Å². The molecule has 1 fully saturated rings. The fourth-order valence-electron chi connectivity index (χ4n) is 2.10. The van der Waals surface area contributed by atoms with Gasteiger partial charge in [-0.3, -0.25) is 4.79 Å².